The van der Waals surface area contributed by atoms with Gasteiger partial charge in [0.05, 0.1) is 6.61 Å². The number of ether oxygens (including phenoxy) is 2. The van der Waals surface area contributed by atoms with E-state index in [1.807, 2.05) is 6.92 Å². The Balaban J connectivity index is 2.66. The predicted molar refractivity (Wildman–Crippen MR) is 56.1 cm³/mol. The van der Waals surface area contributed by atoms with Gasteiger partial charge in [0.2, 0.25) is 0 Å². The molecule has 1 unspecified atom stereocenters. The van der Waals surface area contributed by atoms with Gasteiger partial charge in [0.15, 0.2) is 0 Å². The van der Waals surface area contributed by atoms with Crippen LogP contribution in [0.2, 0.25) is 0 Å². The zero-order valence-corrected chi connectivity index (χ0v) is 9.61. The highest BCUT2D eigenvalue weighted by atomic mass is 79.9. The summed E-state index contributed by atoms with van der Waals surface area (Å²) in [5.41, 5.74) is 5.52. The van der Waals surface area contributed by atoms with Crippen molar-refractivity contribution in [2.75, 3.05) is 19.5 Å². The van der Waals surface area contributed by atoms with Crippen molar-refractivity contribution < 1.29 is 9.47 Å². The van der Waals surface area contributed by atoms with Crippen LogP contribution >= 0.6 is 15.9 Å². The Morgan fingerprint density at radius 2 is 2.29 bits per heavy atom. The first-order valence-corrected chi connectivity index (χ1v) is 4.86. The lowest BCUT2D eigenvalue weighted by molar-refractivity contribution is 0.0855. The van der Waals surface area contributed by atoms with Crippen molar-refractivity contribution in [3.63, 3.8) is 0 Å². The summed E-state index contributed by atoms with van der Waals surface area (Å²) in [7, 11) is 1.61. The highest BCUT2D eigenvalue weighted by molar-refractivity contribution is 9.10. The molecule has 1 atom stereocenters. The average molecular weight is 262 g/mol. The molecule has 6 heteroatoms. The molecule has 1 aromatic heterocycles. The molecule has 1 heterocycles. The number of nitrogens with zero attached hydrogens (tertiary/aromatic N) is 2. The number of nitrogens with two attached hydrogens (primary N) is 1. The van der Waals surface area contributed by atoms with Gasteiger partial charge in [0.25, 0.3) is 0 Å². The molecular weight excluding hydrogens is 250 g/mol. The number of nitrogen functional groups attached to an aromatic ring is 1. The molecule has 0 radical (unpaired) electrons. The summed E-state index contributed by atoms with van der Waals surface area (Å²) < 4.78 is 10.9. The van der Waals surface area contributed by atoms with Gasteiger partial charge in [-0.25, -0.2) is 0 Å². The Kier molecular flexibility index (Phi) is 4.09. The predicted octanol–water partition coefficient (Wildman–Crippen LogP) is 1.23. The van der Waals surface area contributed by atoms with Gasteiger partial charge in [0, 0.05) is 13.2 Å². The van der Waals surface area contributed by atoms with Crippen LogP contribution < -0.4 is 10.5 Å². The second kappa shape index (κ2) is 5.11. The summed E-state index contributed by atoms with van der Waals surface area (Å²) in [6, 6.07) is 1.86. The van der Waals surface area contributed by atoms with Crippen molar-refractivity contribution in [3.05, 3.63) is 10.7 Å². The quantitative estimate of drug-likeness (QED) is 0.826. The van der Waals surface area contributed by atoms with Crippen molar-refractivity contribution in [3.8, 4) is 6.01 Å². The molecule has 1 rings (SSSR count). The van der Waals surface area contributed by atoms with Crippen LogP contribution in [-0.4, -0.2) is 29.8 Å². The Labute approximate surface area is 90.8 Å². The molecule has 1 aromatic rings. The summed E-state index contributed by atoms with van der Waals surface area (Å²) >= 11 is 3.20. The van der Waals surface area contributed by atoms with Crippen LogP contribution in [0.3, 0.4) is 0 Å². The van der Waals surface area contributed by atoms with E-state index in [4.69, 9.17) is 15.2 Å². The largest absolute Gasteiger partial charge is 0.458 e. The van der Waals surface area contributed by atoms with Crippen molar-refractivity contribution in [2.24, 2.45) is 0 Å². The Hall–Kier alpha value is -0.880. The Morgan fingerprint density at radius 1 is 1.57 bits per heavy atom. The monoisotopic (exact) mass is 261 g/mol. The maximum absolute atomic E-state index is 5.52. The molecule has 0 aliphatic heterocycles. The number of aromatic nitrogens is 2. The van der Waals surface area contributed by atoms with Crippen molar-refractivity contribution in [1.29, 1.82) is 0 Å². The van der Waals surface area contributed by atoms with Crippen LogP contribution in [0.4, 0.5) is 5.82 Å². The smallest absolute Gasteiger partial charge is 0.319 e. The number of hydrogen-bond acceptors (Lipinski definition) is 5. The molecule has 14 heavy (non-hydrogen) atoms. The first-order valence-electron chi connectivity index (χ1n) is 4.07. The van der Waals surface area contributed by atoms with E-state index in [2.05, 4.69) is 25.9 Å². The third-order valence-corrected chi connectivity index (χ3v) is 1.81. The molecular formula is C8H12BrN3O2. The van der Waals surface area contributed by atoms with Gasteiger partial charge in [-0.15, -0.1) is 0 Å². The molecule has 0 bridgehead atoms. The van der Waals surface area contributed by atoms with Gasteiger partial charge in [-0.3, -0.25) is 0 Å². The van der Waals surface area contributed by atoms with Crippen LogP contribution in [0.15, 0.2) is 10.7 Å². The lowest BCUT2D eigenvalue weighted by Crippen LogP contribution is -2.19. The first kappa shape index (κ1) is 11.2. The maximum atomic E-state index is 5.52. The lowest BCUT2D eigenvalue weighted by Gasteiger charge is -2.11. The standard InChI is InChI=1S/C8H12BrN3O2/c1-5(4-13-2)14-8-11-6(9)3-7(10)12-8/h3,5H,4H2,1-2H3,(H2,10,11,12). The van der Waals surface area contributed by atoms with E-state index in [-0.39, 0.29) is 12.1 Å². The number of methoxy groups -OCH3 is 1. The van der Waals surface area contributed by atoms with Crippen molar-refractivity contribution in [2.45, 2.75) is 13.0 Å². The zero-order chi connectivity index (χ0) is 10.6. The average Bonchev–Trinajstić information content (AvgIpc) is 2.01. The number of anilines is 1. The van der Waals surface area contributed by atoms with Crippen LogP contribution in [0, 0.1) is 0 Å². The Bertz CT molecular complexity index is 288. The van der Waals surface area contributed by atoms with E-state index >= 15 is 0 Å². The summed E-state index contributed by atoms with van der Waals surface area (Å²) in [5, 5.41) is 0. The zero-order valence-electron chi connectivity index (χ0n) is 8.03. The fraction of sp³-hybridized carbons (Fsp3) is 0.500. The molecule has 0 spiro atoms. The highest BCUT2D eigenvalue weighted by Gasteiger charge is 2.07. The molecule has 0 fully saturated rings. The van der Waals surface area contributed by atoms with E-state index < -0.39 is 0 Å². The van der Waals surface area contributed by atoms with Crippen LogP contribution in [0.5, 0.6) is 6.01 Å². The fourth-order valence-corrected chi connectivity index (χ4v) is 1.30. The van der Waals surface area contributed by atoms with Gasteiger partial charge in [-0.05, 0) is 22.9 Å². The minimum Gasteiger partial charge on any atom is -0.458 e. The van der Waals surface area contributed by atoms with Gasteiger partial charge < -0.3 is 15.2 Å². The maximum Gasteiger partial charge on any atom is 0.319 e. The first-order chi connectivity index (χ1) is 6.61. The third kappa shape index (κ3) is 3.47. The summed E-state index contributed by atoms with van der Waals surface area (Å²) in [6.45, 7) is 2.35. The van der Waals surface area contributed by atoms with E-state index in [0.717, 1.165) is 0 Å². The highest BCUT2D eigenvalue weighted by Crippen LogP contribution is 2.14. The normalized spacial score (nSPS) is 12.5. The molecule has 5 nitrogen and oxygen atoms in total. The number of halogens is 1. The molecule has 0 amide bonds. The van der Waals surface area contributed by atoms with Crippen LogP contribution in [0.1, 0.15) is 6.92 Å². The van der Waals surface area contributed by atoms with Crippen LogP contribution in [-0.2, 0) is 4.74 Å². The van der Waals surface area contributed by atoms with Gasteiger partial charge >= 0.3 is 6.01 Å². The van der Waals surface area contributed by atoms with Crippen LogP contribution in [0.25, 0.3) is 0 Å². The lowest BCUT2D eigenvalue weighted by atomic mass is 10.4. The molecule has 0 saturated carbocycles. The minimum absolute atomic E-state index is 0.103. The van der Waals surface area contributed by atoms with Crippen molar-refractivity contribution >= 4 is 21.7 Å². The van der Waals surface area contributed by atoms with Gasteiger partial charge in [0.1, 0.15) is 16.5 Å². The summed E-state index contributed by atoms with van der Waals surface area (Å²) in [4.78, 5) is 7.92. The SMILES string of the molecule is COCC(C)Oc1nc(N)cc(Br)n1. The van der Waals surface area contributed by atoms with Gasteiger partial charge in [-0.1, -0.05) is 0 Å². The second-order valence-corrected chi connectivity index (χ2v) is 3.59. The van der Waals surface area contributed by atoms with Crippen molar-refractivity contribution in [1.82, 2.24) is 9.97 Å². The number of rotatable bonds is 4. The molecule has 0 aromatic carbocycles. The molecule has 2 N–H and O–H groups in total. The second-order valence-electron chi connectivity index (χ2n) is 2.78. The summed E-state index contributed by atoms with van der Waals surface area (Å²) in [6.07, 6.45) is -0.103. The molecule has 0 saturated heterocycles. The van der Waals surface area contributed by atoms with E-state index in [1.54, 1.807) is 13.2 Å². The number of hydrogen-bond donors (Lipinski definition) is 1. The Morgan fingerprint density at radius 3 is 2.86 bits per heavy atom. The topological polar surface area (TPSA) is 70.3 Å². The van der Waals surface area contributed by atoms with E-state index in [9.17, 15) is 0 Å². The van der Waals surface area contributed by atoms with E-state index in [0.29, 0.717) is 17.0 Å². The third-order valence-electron chi connectivity index (χ3n) is 1.40. The minimum atomic E-state index is -0.103. The molecule has 0 aliphatic carbocycles. The molecule has 78 valence electrons. The molecule has 0 aliphatic rings. The van der Waals surface area contributed by atoms with E-state index in [1.165, 1.54) is 0 Å². The fourth-order valence-electron chi connectivity index (χ4n) is 0.915. The summed E-state index contributed by atoms with van der Waals surface area (Å²) in [5.74, 6) is 0.367. The van der Waals surface area contributed by atoms with Gasteiger partial charge in [-0.2, -0.15) is 9.97 Å².